The number of anilines is 1. The number of hydrogen-bond acceptors (Lipinski definition) is 7. The second kappa shape index (κ2) is 6.37. The smallest absolute Gasteiger partial charge is 0.166 e. The fraction of sp³-hybridized carbons (Fsp3) is 0.500. The van der Waals surface area contributed by atoms with Crippen molar-refractivity contribution in [3.8, 4) is 0 Å². The van der Waals surface area contributed by atoms with Crippen molar-refractivity contribution in [2.75, 3.05) is 29.5 Å². The highest BCUT2D eigenvalue weighted by Crippen LogP contribution is 2.44. The van der Waals surface area contributed by atoms with Crippen LogP contribution in [0.25, 0.3) is 11.2 Å². The Bertz CT molecular complexity index is 1240. The molecular weight excluding hydrogens is 424 g/mol. The van der Waals surface area contributed by atoms with Gasteiger partial charge in [0.2, 0.25) is 0 Å². The zero-order valence-electron chi connectivity index (χ0n) is 17.1. The lowest BCUT2D eigenvalue weighted by molar-refractivity contribution is 0.253. The van der Waals surface area contributed by atoms with Gasteiger partial charge in [0, 0.05) is 30.1 Å². The maximum atomic E-state index is 11.7. The van der Waals surface area contributed by atoms with Crippen LogP contribution in [0.1, 0.15) is 32.3 Å². The quantitative estimate of drug-likeness (QED) is 0.609. The van der Waals surface area contributed by atoms with E-state index in [1.807, 2.05) is 10.6 Å². The molecule has 30 heavy (non-hydrogen) atoms. The highest BCUT2D eigenvalue weighted by Gasteiger charge is 2.56. The zero-order valence-corrected chi connectivity index (χ0v) is 18.7. The van der Waals surface area contributed by atoms with E-state index in [1.165, 1.54) is 0 Å². The molecule has 2 fully saturated rings. The molecule has 0 aromatic carbocycles. The average Bonchev–Trinajstić information content (AvgIpc) is 3.01. The molecular formula is C20H23ClN6O2S. The molecule has 1 spiro atoms. The lowest BCUT2D eigenvalue weighted by Crippen LogP contribution is -2.68. The molecule has 5 rings (SSSR count). The van der Waals surface area contributed by atoms with Crippen LogP contribution in [0.3, 0.4) is 0 Å². The van der Waals surface area contributed by atoms with E-state index >= 15 is 0 Å². The predicted molar refractivity (Wildman–Crippen MR) is 116 cm³/mol. The Morgan fingerprint density at radius 3 is 2.53 bits per heavy atom. The summed E-state index contributed by atoms with van der Waals surface area (Å²) in [5, 5.41) is 0.598. The maximum Gasteiger partial charge on any atom is 0.166 e. The third-order valence-electron chi connectivity index (χ3n) is 5.68. The summed E-state index contributed by atoms with van der Waals surface area (Å²) in [4.78, 5) is 20.8. The molecule has 2 aliphatic heterocycles. The molecule has 0 atom stereocenters. The van der Waals surface area contributed by atoms with Crippen LogP contribution in [0.4, 0.5) is 5.82 Å². The van der Waals surface area contributed by atoms with Crippen molar-refractivity contribution in [3.05, 3.63) is 41.2 Å². The number of nitrogens with zero attached hydrogens (tertiary/aromatic N) is 6. The third kappa shape index (κ3) is 3.24. The summed E-state index contributed by atoms with van der Waals surface area (Å²) < 4.78 is 25.3. The minimum Gasteiger partial charge on any atom is -0.353 e. The van der Waals surface area contributed by atoms with Gasteiger partial charge in [-0.3, -0.25) is 4.98 Å². The number of imidazole rings is 1. The van der Waals surface area contributed by atoms with Crippen molar-refractivity contribution in [2.24, 2.45) is 5.41 Å². The van der Waals surface area contributed by atoms with Gasteiger partial charge in [0.05, 0.1) is 35.1 Å². The van der Waals surface area contributed by atoms with Crippen LogP contribution in [0.2, 0.25) is 5.02 Å². The highest BCUT2D eigenvalue weighted by molar-refractivity contribution is 7.92. The van der Waals surface area contributed by atoms with Gasteiger partial charge in [0.1, 0.15) is 5.82 Å². The number of halogens is 1. The summed E-state index contributed by atoms with van der Waals surface area (Å²) in [6.07, 6.45) is 3.46. The van der Waals surface area contributed by atoms with Gasteiger partial charge in [-0.05, 0) is 12.1 Å². The number of hydrogen-bond donors (Lipinski definition) is 0. The van der Waals surface area contributed by atoms with Gasteiger partial charge < -0.3 is 9.47 Å². The normalized spacial score (nSPS) is 19.7. The summed E-state index contributed by atoms with van der Waals surface area (Å²) >= 11 is 6.30. The van der Waals surface area contributed by atoms with Crippen molar-refractivity contribution in [2.45, 2.75) is 32.7 Å². The molecule has 3 aromatic rings. The minimum atomic E-state index is -2.86. The summed E-state index contributed by atoms with van der Waals surface area (Å²) in [6, 6.07) is 3.62. The first-order chi connectivity index (χ1) is 14.1. The SMILES string of the molecule is CC(C)(C)c1nc(N2CC3(C2)CS(=O)(=O)C3)c2ncn(Cc3ncccc3Cl)c2n1. The van der Waals surface area contributed by atoms with Crippen LogP contribution >= 0.6 is 11.6 Å². The highest BCUT2D eigenvalue weighted by atomic mass is 35.5. The van der Waals surface area contributed by atoms with Crippen molar-refractivity contribution >= 4 is 38.4 Å². The van der Waals surface area contributed by atoms with Gasteiger partial charge in [0.25, 0.3) is 0 Å². The Balaban J connectivity index is 1.54. The van der Waals surface area contributed by atoms with Gasteiger partial charge >= 0.3 is 0 Å². The molecule has 0 aliphatic carbocycles. The second-order valence-corrected chi connectivity index (χ2v) is 12.0. The molecule has 10 heteroatoms. The Kier molecular flexibility index (Phi) is 4.18. The van der Waals surface area contributed by atoms with E-state index in [2.05, 4.69) is 35.6 Å². The third-order valence-corrected chi connectivity index (χ3v) is 8.12. The maximum absolute atomic E-state index is 11.7. The number of sulfone groups is 1. The molecule has 0 amide bonds. The Labute approximate surface area is 180 Å². The lowest BCUT2D eigenvalue weighted by atomic mass is 9.83. The van der Waals surface area contributed by atoms with E-state index in [9.17, 15) is 8.42 Å². The van der Waals surface area contributed by atoms with E-state index < -0.39 is 9.84 Å². The molecule has 2 aliphatic rings. The Morgan fingerprint density at radius 2 is 1.90 bits per heavy atom. The molecule has 158 valence electrons. The van der Waals surface area contributed by atoms with Crippen LogP contribution in [0.15, 0.2) is 24.7 Å². The van der Waals surface area contributed by atoms with E-state index in [0.717, 1.165) is 23.0 Å². The fourth-order valence-electron chi connectivity index (χ4n) is 4.28. The van der Waals surface area contributed by atoms with Gasteiger partial charge in [-0.1, -0.05) is 32.4 Å². The summed E-state index contributed by atoms with van der Waals surface area (Å²) in [6.45, 7) is 8.04. The minimum absolute atomic E-state index is 0.123. The number of fused-ring (bicyclic) bond motifs is 1. The molecule has 0 N–H and O–H groups in total. The zero-order chi connectivity index (χ0) is 21.3. The summed E-state index contributed by atoms with van der Waals surface area (Å²) in [5.41, 5.74) is 1.82. The van der Waals surface area contributed by atoms with Crippen molar-refractivity contribution in [3.63, 3.8) is 0 Å². The molecule has 0 bridgehead atoms. The van der Waals surface area contributed by atoms with Crippen LogP contribution in [0.5, 0.6) is 0 Å². The van der Waals surface area contributed by atoms with E-state index in [1.54, 1.807) is 18.6 Å². The van der Waals surface area contributed by atoms with Gasteiger partial charge in [-0.25, -0.2) is 23.4 Å². The molecule has 3 aromatic heterocycles. The standard InChI is InChI=1S/C20H23ClN6O2S/c1-19(2,3)18-24-16-15(23-12-26(16)7-14-13(21)5-4-6-22-14)17(25-18)27-8-20(9-27)10-30(28,29)11-20/h4-6,12H,7-11H2,1-3H3. The second-order valence-electron chi connectivity index (χ2n) is 9.49. The lowest BCUT2D eigenvalue weighted by Gasteiger charge is -2.55. The van der Waals surface area contributed by atoms with Crippen LogP contribution in [0, 0.1) is 5.41 Å². The van der Waals surface area contributed by atoms with Gasteiger partial charge in [-0.15, -0.1) is 0 Å². The fourth-order valence-corrected chi connectivity index (χ4v) is 6.61. The molecule has 5 heterocycles. The Hall–Kier alpha value is -2.26. The molecule has 2 saturated heterocycles. The largest absolute Gasteiger partial charge is 0.353 e. The Morgan fingerprint density at radius 1 is 1.17 bits per heavy atom. The van der Waals surface area contributed by atoms with Crippen molar-refractivity contribution < 1.29 is 8.42 Å². The van der Waals surface area contributed by atoms with E-state index in [-0.39, 0.29) is 22.3 Å². The molecule has 0 saturated carbocycles. The topological polar surface area (TPSA) is 93.9 Å². The summed E-state index contributed by atoms with van der Waals surface area (Å²) in [5.74, 6) is 2.03. The average molecular weight is 447 g/mol. The number of aromatic nitrogens is 5. The monoisotopic (exact) mass is 446 g/mol. The predicted octanol–water partition coefficient (Wildman–Crippen LogP) is 2.46. The summed E-state index contributed by atoms with van der Waals surface area (Å²) in [7, 11) is -2.86. The van der Waals surface area contributed by atoms with E-state index in [0.29, 0.717) is 30.2 Å². The van der Waals surface area contributed by atoms with Crippen LogP contribution < -0.4 is 4.90 Å². The molecule has 0 radical (unpaired) electrons. The van der Waals surface area contributed by atoms with Crippen LogP contribution in [-0.4, -0.2) is 57.5 Å². The first-order valence-electron chi connectivity index (χ1n) is 9.83. The van der Waals surface area contributed by atoms with E-state index in [4.69, 9.17) is 21.6 Å². The van der Waals surface area contributed by atoms with Crippen molar-refractivity contribution in [1.29, 1.82) is 0 Å². The van der Waals surface area contributed by atoms with Crippen molar-refractivity contribution in [1.82, 2.24) is 24.5 Å². The van der Waals surface area contributed by atoms with Crippen LogP contribution in [-0.2, 0) is 21.8 Å². The number of pyridine rings is 1. The van der Waals surface area contributed by atoms with Gasteiger partial charge in [-0.2, -0.15) is 0 Å². The first-order valence-corrected chi connectivity index (χ1v) is 12.0. The number of rotatable bonds is 3. The first kappa shape index (κ1) is 19.7. The van der Waals surface area contributed by atoms with Gasteiger partial charge in [0.15, 0.2) is 26.8 Å². The molecule has 0 unspecified atom stereocenters. The molecule has 8 nitrogen and oxygen atoms in total.